The first-order chi connectivity index (χ1) is 12.6. The fourth-order valence-electron chi connectivity index (χ4n) is 3.67. The van der Waals surface area contributed by atoms with Gasteiger partial charge in [-0.15, -0.1) is 11.3 Å². The average molecular weight is 391 g/mol. The second-order valence-electron chi connectivity index (χ2n) is 8.85. The van der Waals surface area contributed by atoms with E-state index in [0.717, 1.165) is 21.6 Å². The van der Waals surface area contributed by atoms with Crippen LogP contribution in [0.3, 0.4) is 0 Å². The summed E-state index contributed by atoms with van der Waals surface area (Å²) in [7, 11) is 0. The molecule has 7 heteroatoms. The third-order valence-corrected chi connectivity index (χ3v) is 5.77. The number of para-hydroxylation sites is 1. The molecule has 148 valence electrons. The van der Waals surface area contributed by atoms with Crippen molar-refractivity contribution < 1.29 is 9.63 Å². The van der Waals surface area contributed by atoms with Gasteiger partial charge in [-0.3, -0.25) is 14.9 Å². The number of nitrogens with two attached hydrogens (primary N) is 1. The number of nitrogens with zero attached hydrogens (tertiary/aromatic N) is 1. The SMILES string of the molecule is CC(C)C[C@@]1(NOC(C)(C)C)C[C@H](C(N)=O)[C@H](c2nc3ccccc3s2)N1. The molecular weight excluding hydrogens is 360 g/mol. The molecule has 0 saturated carbocycles. The van der Waals surface area contributed by atoms with Crippen LogP contribution in [0, 0.1) is 11.8 Å². The van der Waals surface area contributed by atoms with Gasteiger partial charge in [-0.2, -0.15) is 5.48 Å². The molecule has 0 spiro atoms. The molecule has 1 aliphatic rings. The van der Waals surface area contributed by atoms with Crippen LogP contribution in [0.15, 0.2) is 24.3 Å². The van der Waals surface area contributed by atoms with Gasteiger partial charge in [-0.1, -0.05) is 26.0 Å². The smallest absolute Gasteiger partial charge is 0.222 e. The van der Waals surface area contributed by atoms with Gasteiger partial charge in [-0.05, 0) is 51.7 Å². The highest BCUT2D eigenvalue weighted by Gasteiger charge is 2.49. The monoisotopic (exact) mass is 390 g/mol. The second kappa shape index (κ2) is 7.47. The molecule has 1 aromatic heterocycles. The predicted molar refractivity (Wildman–Crippen MR) is 109 cm³/mol. The van der Waals surface area contributed by atoms with Gasteiger partial charge in [0.15, 0.2) is 0 Å². The highest BCUT2D eigenvalue weighted by atomic mass is 32.1. The lowest BCUT2D eigenvalue weighted by Crippen LogP contribution is -2.56. The molecule has 1 aliphatic heterocycles. The average Bonchev–Trinajstić information content (AvgIpc) is 3.13. The Balaban J connectivity index is 1.94. The maximum atomic E-state index is 12.3. The Kier molecular flexibility index (Phi) is 5.59. The van der Waals surface area contributed by atoms with E-state index in [4.69, 9.17) is 15.6 Å². The quantitative estimate of drug-likeness (QED) is 0.657. The Morgan fingerprint density at radius 3 is 2.74 bits per heavy atom. The topological polar surface area (TPSA) is 89.3 Å². The van der Waals surface area contributed by atoms with Crippen molar-refractivity contribution in [2.75, 3.05) is 0 Å². The van der Waals surface area contributed by atoms with Gasteiger partial charge >= 0.3 is 0 Å². The molecule has 1 saturated heterocycles. The Morgan fingerprint density at radius 2 is 2.15 bits per heavy atom. The summed E-state index contributed by atoms with van der Waals surface area (Å²) in [5.41, 5.74) is 9.10. The van der Waals surface area contributed by atoms with Crippen LogP contribution in [0.5, 0.6) is 0 Å². The van der Waals surface area contributed by atoms with Crippen LogP contribution in [-0.2, 0) is 9.63 Å². The maximum Gasteiger partial charge on any atom is 0.222 e. The molecule has 3 rings (SSSR count). The number of hydrogen-bond donors (Lipinski definition) is 3. The number of carbonyl (C=O) groups excluding carboxylic acids is 1. The van der Waals surface area contributed by atoms with Crippen LogP contribution in [0.2, 0.25) is 0 Å². The number of amides is 1. The zero-order valence-corrected chi connectivity index (χ0v) is 17.5. The molecule has 0 aliphatic carbocycles. The molecule has 1 amide bonds. The Labute approximate surface area is 164 Å². The van der Waals surface area contributed by atoms with Crippen molar-refractivity contribution >= 4 is 27.5 Å². The highest BCUT2D eigenvalue weighted by Crippen LogP contribution is 2.42. The minimum absolute atomic E-state index is 0.227. The van der Waals surface area contributed by atoms with Crippen LogP contribution in [0.4, 0.5) is 0 Å². The molecule has 4 N–H and O–H groups in total. The van der Waals surface area contributed by atoms with Crippen LogP contribution in [0.1, 0.15) is 58.5 Å². The summed E-state index contributed by atoms with van der Waals surface area (Å²) in [5, 5.41) is 4.52. The summed E-state index contributed by atoms with van der Waals surface area (Å²) in [6, 6.07) is 7.79. The van der Waals surface area contributed by atoms with Crippen molar-refractivity contribution in [3.8, 4) is 0 Å². The number of rotatable bonds is 6. The number of hydrogen-bond acceptors (Lipinski definition) is 6. The molecule has 1 aromatic carbocycles. The number of primary amides is 1. The standard InChI is InChI=1S/C20H30N4O2S/c1-12(2)10-20(24-26-19(3,4)5)11-13(17(21)25)16(23-20)18-22-14-8-6-7-9-15(14)27-18/h6-9,12-13,16,23-24H,10-11H2,1-5H3,(H2,21,25)/t13-,16+,20+/m0/s1. The fraction of sp³-hybridized carbons (Fsp3) is 0.600. The molecule has 1 fully saturated rings. The predicted octanol–water partition coefficient (Wildman–Crippen LogP) is 3.49. The Morgan fingerprint density at radius 1 is 1.44 bits per heavy atom. The fourth-order valence-corrected chi connectivity index (χ4v) is 4.76. The number of hydroxylamine groups is 1. The highest BCUT2D eigenvalue weighted by molar-refractivity contribution is 7.18. The normalized spacial score (nSPS) is 26.1. The van der Waals surface area contributed by atoms with Crippen molar-refractivity contribution in [2.45, 2.75) is 64.8 Å². The maximum absolute atomic E-state index is 12.3. The van der Waals surface area contributed by atoms with E-state index in [-0.39, 0.29) is 23.5 Å². The van der Waals surface area contributed by atoms with Gasteiger partial charge in [0, 0.05) is 0 Å². The first-order valence-corrected chi connectivity index (χ1v) is 10.3. The van der Waals surface area contributed by atoms with E-state index in [9.17, 15) is 4.79 Å². The summed E-state index contributed by atoms with van der Waals surface area (Å²) < 4.78 is 1.11. The van der Waals surface area contributed by atoms with Crippen molar-refractivity contribution in [3.63, 3.8) is 0 Å². The summed E-state index contributed by atoms with van der Waals surface area (Å²) in [4.78, 5) is 22.9. The van der Waals surface area contributed by atoms with Crippen LogP contribution < -0.4 is 16.5 Å². The van der Waals surface area contributed by atoms with Crippen molar-refractivity contribution in [1.82, 2.24) is 15.8 Å². The van der Waals surface area contributed by atoms with E-state index < -0.39 is 5.66 Å². The molecular formula is C20H30N4O2S. The molecule has 2 heterocycles. The van der Waals surface area contributed by atoms with Gasteiger partial charge in [-0.25, -0.2) is 4.98 Å². The number of carbonyl (C=O) groups is 1. The van der Waals surface area contributed by atoms with Gasteiger partial charge in [0.1, 0.15) is 5.01 Å². The third-order valence-electron chi connectivity index (χ3n) is 4.65. The Hall–Kier alpha value is -1.54. The zero-order valence-electron chi connectivity index (χ0n) is 16.7. The van der Waals surface area contributed by atoms with E-state index in [1.807, 2.05) is 45.0 Å². The molecule has 6 nitrogen and oxygen atoms in total. The van der Waals surface area contributed by atoms with Gasteiger partial charge in [0.2, 0.25) is 5.91 Å². The molecule has 0 radical (unpaired) electrons. The molecule has 2 aromatic rings. The molecule has 0 bridgehead atoms. The first-order valence-electron chi connectivity index (χ1n) is 9.46. The van der Waals surface area contributed by atoms with Crippen molar-refractivity contribution in [3.05, 3.63) is 29.3 Å². The minimum atomic E-state index is -0.524. The van der Waals surface area contributed by atoms with Crippen LogP contribution >= 0.6 is 11.3 Å². The summed E-state index contributed by atoms with van der Waals surface area (Å²) in [6.45, 7) is 10.3. The number of nitrogens with one attached hydrogen (secondary N) is 2. The van der Waals surface area contributed by atoms with Gasteiger partial charge in [0.05, 0.1) is 33.4 Å². The van der Waals surface area contributed by atoms with E-state index in [1.165, 1.54) is 0 Å². The Bertz CT molecular complexity index is 781. The number of thiazole rings is 1. The van der Waals surface area contributed by atoms with Gasteiger partial charge < -0.3 is 5.73 Å². The number of fused-ring (bicyclic) bond motifs is 1. The van der Waals surface area contributed by atoms with E-state index in [0.29, 0.717) is 12.3 Å². The van der Waals surface area contributed by atoms with Crippen molar-refractivity contribution in [1.29, 1.82) is 0 Å². The zero-order chi connectivity index (χ0) is 19.8. The third kappa shape index (κ3) is 4.66. The van der Waals surface area contributed by atoms with E-state index >= 15 is 0 Å². The lowest BCUT2D eigenvalue weighted by Gasteiger charge is -2.35. The van der Waals surface area contributed by atoms with Gasteiger partial charge in [0.25, 0.3) is 0 Å². The largest absolute Gasteiger partial charge is 0.369 e. The molecule has 0 unspecified atom stereocenters. The lowest BCUT2D eigenvalue weighted by atomic mass is 9.91. The van der Waals surface area contributed by atoms with Crippen LogP contribution in [-0.4, -0.2) is 22.2 Å². The van der Waals surface area contributed by atoms with E-state index in [1.54, 1.807) is 11.3 Å². The number of benzene rings is 1. The minimum Gasteiger partial charge on any atom is -0.369 e. The lowest BCUT2D eigenvalue weighted by molar-refractivity contribution is -0.126. The summed E-state index contributed by atoms with van der Waals surface area (Å²) >= 11 is 1.61. The van der Waals surface area contributed by atoms with Crippen LogP contribution in [0.25, 0.3) is 10.2 Å². The molecule has 27 heavy (non-hydrogen) atoms. The first kappa shape index (κ1) is 20.2. The second-order valence-corrected chi connectivity index (χ2v) is 9.91. The van der Waals surface area contributed by atoms with Crippen molar-refractivity contribution in [2.24, 2.45) is 17.6 Å². The summed E-state index contributed by atoms with van der Waals surface area (Å²) in [6.07, 6.45) is 1.38. The number of aromatic nitrogens is 1. The summed E-state index contributed by atoms with van der Waals surface area (Å²) in [5.74, 6) is -0.244. The molecule has 3 atom stereocenters. The van der Waals surface area contributed by atoms with E-state index in [2.05, 4.69) is 24.6 Å².